The van der Waals surface area contributed by atoms with Crippen molar-refractivity contribution in [3.05, 3.63) is 29.6 Å². The fourth-order valence-corrected chi connectivity index (χ4v) is 3.90. The minimum absolute atomic E-state index is 0.202. The van der Waals surface area contributed by atoms with E-state index in [1.54, 1.807) is 6.07 Å². The van der Waals surface area contributed by atoms with Crippen molar-refractivity contribution in [2.45, 2.75) is 52.7 Å². The number of hydrogen-bond acceptors (Lipinski definition) is 3. The first-order chi connectivity index (χ1) is 12.9. The number of benzene rings is 1. The van der Waals surface area contributed by atoms with Crippen LogP contribution in [0.2, 0.25) is 0 Å². The van der Waals surface area contributed by atoms with Crippen LogP contribution in [0.4, 0.5) is 10.1 Å². The molecule has 3 rings (SSSR count). The first-order valence-corrected chi connectivity index (χ1v) is 10.1. The maximum Gasteiger partial charge on any atom is 0.194 e. The molecule has 2 aliphatic heterocycles. The highest BCUT2D eigenvalue weighted by Gasteiger charge is 2.30. The predicted molar refractivity (Wildman–Crippen MR) is 109 cm³/mol. The van der Waals surface area contributed by atoms with Crippen molar-refractivity contribution < 1.29 is 9.50 Å². The molecule has 0 spiro atoms. The standard InChI is InChI=1S/C21H33FN4O/c1-4-23-20(26-12-9-21(2,3)15-26)24-14-16-5-6-19(18(22)13-16)25-10-7-17(27)8-11-25/h5-6,13,17,27H,4,7-12,14-15H2,1-3H3,(H,23,24). The van der Waals surface area contributed by atoms with Gasteiger partial charge < -0.3 is 20.2 Å². The normalized spacial score (nSPS) is 21.0. The monoisotopic (exact) mass is 376 g/mol. The fraction of sp³-hybridized carbons (Fsp3) is 0.667. The Morgan fingerprint density at radius 1 is 1.30 bits per heavy atom. The van der Waals surface area contributed by atoms with Crippen LogP contribution in [0.5, 0.6) is 0 Å². The van der Waals surface area contributed by atoms with Gasteiger partial charge in [0.1, 0.15) is 5.82 Å². The van der Waals surface area contributed by atoms with Gasteiger partial charge in [-0.1, -0.05) is 19.9 Å². The molecule has 0 amide bonds. The molecule has 2 saturated heterocycles. The Morgan fingerprint density at radius 2 is 2.04 bits per heavy atom. The SMILES string of the molecule is CCNC(=NCc1ccc(N2CCC(O)CC2)c(F)c1)N1CCC(C)(C)C1. The zero-order chi connectivity index (χ0) is 19.4. The molecule has 2 fully saturated rings. The second-order valence-corrected chi connectivity index (χ2v) is 8.51. The minimum Gasteiger partial charge on any atom is -0.393 e. The molecule has 2 heterocycles. The molecule has 0 unspecified atom stereocenters. The molecule has 0 radical (unpaired) electrons. The molecule has 150 valence electrons. The van der Waals surface area contributed by atoms with Gasteiger partial charge in [-0.15, -0.1) is 0 Å². The second kappa shape index (κ2) is 8.46. The third-order valence-corrected chi connectivity index (χ3v) is 5.54. The Balaban J connectivity index is 1.67. The van der Waals surface area contributed by atoms with Crippen LogP contribution in [-0.4, -0.2) is 54.8 Å². The summed E-state index contributed by atoms with van der Waals surface area (Å²) in [6.07, 6.45) is 2.30. The highest BCUT2D eigenvalue weighted by atomic mass is 19.1. The van der Waals surface area contributed by atoms with Gasteiger partial charge >= 0.3 is 0 Å². The topological polar surface area (TPSA) is 51.1 Å². The van der Waals surface area contributed by atoms with Gasteiger partial charge in [-0.3, -0.25) is 0 Å². The van der Waals surface area contributed by atoms with E-state index in [1.165, 1.54) is 0 Å². The number of likely N-dealkylation sites (tertiary alicyclic amines) is 1. The van der Waals surface area contributed by atoms with Crippen LogP contribution in [0.25, 0.3) is 0 Å². The highest BCUT2D eigenvalue weighted by molar-refractivity contribution is 5.80. The van der Waals surface area contributed by atoms with Crippen LogP contribution in [-0.2, 0) is 6.54 Å². The Labute approximate surface area is 162 Å². The van der Waals surface area contributed by atoms with Crippen LogP contribution in [0, 0.1) is 11.2 Å². The first-order valence-electron chi connectivity index (χ1n) is 10.1. The van der Waals surface area contributed by atoms with Crippen molar-refractivity contribution in [3.8, 4) is 0 Å². The molecule has 2 aliphatic rings. The van der Waals surface area contributed by atoms with Crippen LogP contribution in [0.1, 0.15) is 45.6 Å². The summed E-state index contributed by atoms with van der Waals surface area (Å²) in [6, 6.07) is 5.41. The molecule has 6 heteroatoms. The summed E-state index contributed by atoms with van der Waals surface area (Å²) in [6.45, 7) is 11.3. The lowest BCUT2D eigenvalue weighted by molar-refractivity contribution is 0.145. The zero-order valence-electron chi connectivity index (χ0n) is 16.8. The molecular weight excluding hydrogens is 343 g/mol. The van der Waals surface area contributed by atoms with Crippen LogP contribution in [0.15, 0.2) is 23.2 Å². The molecule has 0 bridgehead atoms. The number of guanidine groups is 1. The maximum absolute atomic E-state index is 14.6. The average molecular weight is 377 g/mol. The molecule has 0 atom stereocenters. The highest BCUT2D eigenvalue weighted by Crippen LogP contribution is 2.29. The number of aliphatic hydroxyl groups excluding tert-OH is 1. The van der Waals surface area contributed by atoms with Gasteiger partial charge in [0.2, 0.25) is 0 Å². The zero-order valence-corrected chi connectivity index (χ0v) is 16.8. The molecule has 1 aromatic carbocycles. The van der Waals surface area contributed by atoms with Crippen LogP contribution < -0.4 is 10.2 Å². The van der Waals surface area contributed by atoms with E-state index in [1.807, 2.05) is 17.0 Å². The third kappa shape index (κ3) is 5.12. The maximum atomic E-state index is 14.6. The summed E-state index contributed by atoms with van der Waals surface area (Å²) in [5.74, 6) is 0.712. The van der Waals surface area contributed by atoms with E-state index in [4.69, 9.17) is 4.99 Å². The van der Waals surface area contributed by atoms with Gasteiger partial charge in [0.05, 0.1) is 18.3 Å². The Kier molecular flexibility index (Phi) is 6.25. The van der Waals surface area contributed by atoms with Gasteiger partial charge in [-0.25, -0.2) is 9.38 Å². The number of aliphatic hydroxyl groups is 1. The largest absolute Gasteiger partial charge is 0.393 e. The lowest BCUT2D eigenvalue weighted by atomic mass is 9.93. The summed E-state index contributed by atoms with van der Waals surface area (Å²) < 4.78 is 14.6. The van der Waals surface area contributed by atoms with E-state index < -0.39 is 0 Å². The third-order valence-electron chi connectivity index (χ3n) is 5.54. The van der Waals surface area contributed by atoms with Crippen LogP contribution in [0.3, 0.4) is 0 Å². The van der Waals surface area contributed by atoms with E-state index in [-0.39, 0.29) is 11.9 Å². The molecule has 0 saturated carbocycles. The number of rotatable bonds is 4. The first kappa shape index (κ1) is 19.9. The van der Waals surface area contributed by atoms with E-state index in [9.17, 15) is 9.50 Å². The fourth-order valence-electron chi connectivity index (χ4n) is 3.90. The molecular formula is C21H33FN4O. The predicted octanol–water partition coefficient (Wildman–Crippen LogP) is 2.98. The Morgan fingerprint density at radius 3 is 2.63 bits per heavy atom. The number of nitrogens with zero attached hydrogens (tertiary/aromatic N) is 3. The summed E-state index contributed by atoms with van der Waals surface area (Å²) in [4.78, 5) is 9.06. The average Bonchev–Trinajstić information content (AvgIpc) is 2.99. The van der Waals surface area contributed by atoms with E-state index in [0.717, 1.165) is 37.6 Å². The van der Waals surface area contributed by atoms with Crippen molar-refractivity contribution >= 4 is 11.6 Å². The van der Waals surface area contributed by atoms with Gasteiger partial charge in [0, 0.05) is 32.7 Å². The smallest absolute Gasteiger partial charge is 0.194 e. The molecule has 0 aromatic heterocycles. The van der Waals surface area contributed by atoms with Crippen molar-refractivity contribution in [1.29, 1.82) is 0 Å². The lowest BCUT2D eigenvalue weighted by Crippen LogP contribution is -2.40. The van der Waals surface area contributed by atoms with Gasteiger partial charge in [0.15, 0.2) is 5.96 Å². The molecule has 5 nitrogen and oxygen atoms in total. The second-order valence-electron chi connectivity index (χ2n) is 8.51. The van der Waals surface area contributed by atoms with Crippen molar-refractivity contribution in [2.24, 2.45) is 10.4 Å². The van der Waals surface area contributed by atoms with E-state index in [0.29, 0.717) is 43.6 Å². The van der Waals surface area contributed by atoms with Gasteiger partial charge in [-0.2, -0.15) is 0 Å². The summed E-state index contributed by atoms with van der Waals surface area (Å²) in [5.41, 5.74) is 1.82. The van der Waals surface area contributed by atoms with E-state index >= 15 is 0 Å². The summed E-state index contributed by atoms with van der Waals surface area (Å²) >= 11 is 0. The Hall–Kier alpha value is -1.82. The van der Waals surface area contributed by atoms with Crippen molar-refractivity contribution in [3.63, 3.8) is 0 Å². The summed E-state index contributed by atoms with van der Waals surface area (Å²) in [5, 5.41) is 13.0. The molecule has 1 aromatic rings. The number of hydrogen-bond donors (Lipinski definition) is 2. The van der Waals surface area contributed by atoms with Crippen LogP contribution >= 0.6 is 0 Å². The molecule has 27 heavy (non-hydrogen) atoms. The summed E-state index contributed by atoms with van der Waals surface area (Å²) in [7, 11) is 0. The van der Waals surface area contributed by atoms with E-state index in [2.05, 4.69) is 31.0 Å². The molecule has 0 aliphatic carbocycles. The Bertz CT molecular complexity index is 668. The van der Waals surface area contributed by atoms with Crippen molar-refractivity contribution in [2.75, 3.05) is 37.6 Å². The minimum atomic E-state index is -0.252. The number of piperidine rings is 1. The number of anilines is 1. The number of nitrogens with one attached hydrogen (secondary N) is 1. The van der Waals surface area contributed by atoms with Crippen molar-refractivity contribution in [1.82, 2.24) is 10.2 Å². The lowest BCUT2D eigenvalue weighted by Gasteiger charge is -2.31. The number of aliphatic imine (C=N–C) groups is 1. The van der Waals surface area contributed by atoms with Gasteiger partial charge in [0.25, 0.3) is 0 Å². The van der Waals surface area contributed by atoms with Gasteiger partial charge in [-0.05, 0) is 49.3 Å². The quantitative estimate of drug-likeness (QED) is 0.627. The molecule has 2 N–H and O–H groups in total. The number of halogens is 1.